The maximum atomic E-state index is 12.5. The van der Waals surface area contributed by atoms with Crippen LogP contribution in [0.3, 0.4) is 0 Å². The Hall–Kier alpha value is -3.15. The molecule has 32 heavy (non-hydrogen) atoms. The Kier molecular flexibility index (Phi) is 8.03. The predicted molar refractivity (Wildman–Crippen MR) is 115 cm³/mol. The second kappa shape index (κ2) is 10.9. The summed E-state index contributed by atoms with van der Waals surface area (Å²) in [5.74, 6) is 1.74. The lowest BCUT2D eigenvalue weighted by Gasteiger charge is -2.33. The molecule has 1 fully saturated rings. The molecule has 2 heterocycles. The number of aromatic nitrogens is 2. The van der Waals surface area contributed by atoms with E-state index in [9.17, 15) is 9.59 Å². The number of thioether (sulfide) groups is 1. The molecule has 174 valence electrons. The highest BCUT2D eigenvalue weighted by Crippen LogP contribution is 2.41. The molecular weight excluding hydrogens is 440 g/mol. The van der Waals surface area contributed by atoms with Gasteiger partial charge in [0.15, 0.2) is 11.5 Å². The van der Waals surface area contributed by atoms with E-state index in [1.165, 1.54) is 21.3 Å². The average Bonchev–Trinajstić information content (AvgIpc) is 3.30. The van der Waals surface area contributed by atoms with E-state index in [2.05, 4.69) is 10.2 Å². The number of piperazine rings is 1. The fraction of sp³-hybridized carbons (Fsp3) is 0.500. The van der Waals surface area contributed by atoms with Gasteiger partial charge in [-0.15, -0.1) is 10.2 Å². The molecule has 0 aliphatic carbocycles. The number of methoxy groups -OCH3 is 3. The Morgan fingerprint density at radius 3 is 2.19 bits per heavy atom. The lowest BCUT2D eigenvalue weighted by molar-refractivity contribution is -0.129. The molecule has 0 spiro atoms. The van der Waals surface area contributed by atoms with Crippen LogP contribution < -0.4 is 14.2 Å². The lowest BCUT2D eigenvalue weighted by atomic mass is 10.2. The van der Waals surface area contributed by atoms with E-state index in [1.54, 1.807) is 28.9 Å². The minimum atomic E-state index is -0.348. The van der Waals surface area contributed by atoms with Gasteiger partial charge in [0.2, 0.25) is 17.5 Å². The van der Waals surface area contributed by atoms with Gasteiger partial charge in [0.25, 0.3) is 5.22 Å². The van der Waals surface area contributed by atoms with Crippen LogP contribution in [-0.2, 0) is 9.53 Å². The number of ether oxygens (including phenoxy) is 4. The number of amides is 2. The number of carbonyl (C=O) groups is 2. The Morgan fingerprint density at radius 2 is 1.62 bits per heavy atom. The van der Waals surface area contributed by atoms with Crippen LogP contribution in [0.2, 0.25) is 0 Å². The first-order chi connectivity index (χ1) is 15.5. The fourth-order valence-corrected chi connectivity index (χ4v) is 3.82. The van der Waals surface area contributed by atoms with Crippen LogP contribution in [-0.4, -0.2) is 91.9 Å². The highest BCUT2D eigenvalue weighted by Gasteiger charge is 2.25. The number of rotatable bonds is 8. The molecule has 0 unspecified atom stereocenters. The van der Waals surface area contributed by atoms with Gasteiger partial charge >= 0.3 is 6.09 Å². The zero-order chi connectivity index (χ0) is 23.1. The van der Waals surface area contributed by atoms with Crippen molar-refractivity contribution in [1.82, 2.24) is 20.0 Å². The highest BCUT2D eigenvalue weighted by molar-refractivity contribution is 7.99. The second-order valence-corrected chi connectivity index (χ2v) is 7.57. The van der Waals surface area contributed by atoms with Crippen LogP contribution in [0.5, 0.6) is 17.2 Å². The van der Waals surface area contributed by atoms with Crippen LogP contribution in [0.1, 0.15) is 6.92 Å². The SMILES string of the molecule is CCOC(=O)N1CCN(C(=O)CSc2nnc(-c3cc(OC)c(OC)c(OC)c3)o2)CC1. The first-order valence-corrected chi connectivity index (χ1v) is 10.9. The van der Waals surface area contributed by atoms with E-state index >= 15 is 0 Å². The van der Waals surface area contributed by atoms with Crippen molar-refractivity contribution in [2.75, 3.05) is 59.9 Å². The van der Waals surface area contributed by atoms with Crippen molar-refractivity contribution >= 4 is 23.8 Å². The number of benzene rings is 1. The van der Waals surface area contributed by atoms with Crippen LogP contribution in [0, 0.1) is 0 Å². The van der Waals surface area contributed by atoms with Crippen LogP contribution in [0.4, 0.5) is 4.79 Å². The van der Waals surface area contributed by atoms with Gasteiger partial charge in [-0.25, -0.2) is 4.79 Å². The van der Waals surface area contributed by atoms with Crippen LogP contribution in [0.25, 0.3) is 11.5 Å². The van der Waals surface area contributed by atoms with E-state index in [0.29, 0.717) is 55.6 Å². The first-order valence-electron chi connectivity index (χ1n) is 9.96. The minimum absolute atomic E-state index is 0.0638. The zero-order valence-corrected chi connectivity index (χ0v) is 19.3. The monoisotopic (exact) mass is 466 g/mol. The number of carbonyl (C=O) groups excluding carboxylic acids is 2. The second-order valence-electron chi connectivity index (χ2n) is 6.64. The zero-order valence-electron chi connectivity index (χ0n) is 18.5. The molecule has 3 rings (SSSR count). The summed E-state index contributed by atoms with van der Waals surface area (Å²) in [6.45, 7) is 3.90. The molecule has 1 aliphatic rings. The van der Waals surface area contributed by atoms with E-state index < -0.39 is 0 Å². The van der Waals surface area contributed by atoms with Gasteiger partial charge in [0.05, 0.1) is 33.7 Å². The Bertz CT molecular complexity index is 919. The molecule has 0 atom stereocenters. The van der Waals surface area contributed by atoms with Gasteiger partial charge in [-0.05, 0) is 19.1 Å². The molecule has 0 N–H and O–H groups in total. The average molecular weight is 467 g/mol. The minimum Gasteiger partial charge on any atom is -0.493 e. The van der Waals surface area contributed by atoms with Gasteiger partial charge in [-0.2, -0.15) is 0 Å². The Morgan fingerprint density at radius 1 is 1.00 bits per heavy atom. The summed E-state index contributed by atoms with van der Waals surface area (Å²) in [7, 11) is 4.57. The van der Waals surface area contributed by atoms with Crippen molar-refractivity contribution in [3.8, 4) is 28.7 Å². The maximum absolute atomic E-state index is 12.5. The normalized spacial score (nSPS) is 13.6. The summed E-state index contributed by atoms with van der Waals surface area (Å²) in [5, 5.41) is 8.34. The van der Waals surface area contributed by atoms with Crippen LogP contribution >= 0.6 is 11.8 Å². The lowest BCUT2D eigenvalue weighted by Crippen LogP contribution is -2.51. The van der Waals surface area contributed by atoms with Gasteiger partial charge in [0, 0.05) is 31.7 Å². The third kappa shape index (κ3) is 5.36. The van der Waals surface area contributed by atoms with Crippen molar-refractivity contribution < 1.29 is 33.0 Å². The molecule has 1 aromatic carbocycles. The molecule has 1 aliphatic heterocycles. The Balaban J connectivity index is 1.58. The van der Waals surface area contributed by atoms with Gasteiger partial charge < -0.3 is 33.2 Å². The third-order valence-corrected chi connectivity index (χ3v) is 5.60. The molecule has 2 amide bonds. The molecule has 0 saturated carbocycles. The molecular formula is C20H26N4O7S. The summed E-state index contributed by atoms with van der Waals surface area (Å²) in [4.78, 5) is 27.6. The molecule has 0 radical (unpaired) electrons. The smallest absolute Gasteiger partial charge is 0.409 e. The summed E-state index contributed by atoms with van der Waals surface area (Å²) in [5.41, 5.74) is 0.597. The van der Waals surface area contributed by atoms with Gasteiger partial charge in [-0.3, -0.25) is 4.79 Å². The molecule has 12 heteroatoms. The summed E-state index contributed by atoms with van der Waals surface area (Å²) in [6, 6.07) is 3.41. The number of hydrogen-bond acceptors (Lipinski definition) is 10. The van der Waals surface area contributed by atoms with E-state index in [4.69, 9.17) is 23.4 Å². The number of hydrogen-bond donors (Lipinski definition) is 0. The van der Waals surface area contributed by atoms with Crippen LogP contribution in [0.15, 0.2) is 21.8 Å². The first kappa shape index (κ1) is 23.5. The van der Waals surface area contributed by atoms with E-state index in [1.807, 2.05) is 0 Å². The quantitative estimate of drug-likeness (QED) is 0.536. The van der Waals surface area contributed by atoms with E-state index in [0.717, 1.165) is 11.8 Å². The third-order valence-electron chi connectivity index (χ3n) is 4.80. The standard InChI is InChI=1S/C20H26N4O7S/c1-5-30-20(26)24-8-6-23(7-9-24)16(25)12-32-19-22-21-18(31-19)13-10-14(27-2)17(29-4)15(11-13)28-3/h10-11H,5-9,12H2,1-4H3. The Labute approximate surface area is 189 Å². The molecule has 1 saturated heterocycles. The summed E-state index contributed by atoms with van der Waals surface area (Å²) in [6.07, 6.45) is -0.348. The van der Waals surface area contributed by atoms with Crippen molar-refractivity contribution in [2.45, 2.75) is 12.1 Å². The summed E-state index contributed by atoms with van der Waals surface area (Å²) >= 11 is 1.16. The molecule has 0 bridgehead atoms. The number of nitrogens with zero attached hydrogens (tertiary/aromatic N) is 4. The molecule has 1 aromatic heterocycles. The fourth-order valence-electron chi connectivity index (χ4n) is 3.16. The summed E-state index contributed by atoms with van der Waals surface area (Å²) < 4.78 is 26.7. The van der Waals surface area contributed by atoms with Crippen molar-refractivity contribution in [3.05, 3.63) is 12.1 Å². The highest BCUT2D eigenvalue weighted by atomic mass is 32.2. The maximum Gasteiger partial charge on any atom is 0.409 e. The van der Waals surface area contributed by atoms with Crippen molar-refractivity contribution in [1.29, 1.82) is 0 Å². The predicted octanol–water partition coefficient (Wildman–Crippen LogP) is 2.16. The van der Waals surface area contributed by atoms with Crippen molar-refractivity contribution in [3.63, 3.8) is 0 Å². The topological polar surface area (TPSA) is 116 Å². The van der Waals surface area contributed by atoms with Crippen molar-refractivity contribution in [2.24, 2.45) is 0 Å². The molecule has 11 nitrogen and oxygen atoms in total. The van der Waals surface area contributed by atoms with Gasteiger partial charge in [-0.1, -0.05) is 11.8 Å². The molecule has 2 aromatic rings. The largest absolute Gasteiger partial charge is 0.493 e. The van der Waals surface area contributed by atoms with Gasteiger partial charge in [0.1, 0.15) is 0 Å². The van der Waals surface area contributed by atoms with E-state index in [-0.39, 0.29) is 28.9 Å².